The predicted octanol–water partition coefficient (Wildman–Crippen LogP) is 5.65. The van der Waals surface area contributed by atoms with E-state index in [0.717, 1.165) is 34.2 Å². The van der Waals surface area contributed by atoms with Gasteiger partial charge in [-0.2, -0.15) is 4.39 Å². The van der Waals surface area contributed by atoms with Crippen LogP contribution < -0.4 is 5.73 Å². The molecule has 4 nitrogen and oxygen atoms in total. The number of benzene rings is 1. The summed E-state index contributed by atoms with van der Waals surface area (Å²) in [5.41, 5.74) is 10.3. The molecule has 4 rings (SSSR count). The van der Waals surface area contributed by atoms with Crippen molar-refractivity contribution in [3.05, 3.63) is 60.7 Å². The largest absolute Gasteiger partial charge is 0.611 e. The first kappa shape index (κ1) is 19.8. The molecule has 1 atom stereocenters. The van der Waals surface area contributed by atoms with Crippen LogP contribution in [0.1, 0.15) is 19.8 Å². The molecular formula is C22H20FN3OS2. The van der Waals surface area contributed by atoms with Crippen LogP contribution in [0, 0.1) is 5.95 Å². The second kappa shape index (κ2) is 8.49. The molecule has 1 aromatic carbocycles. The SMILES string of the molecule is CCCC[S+]([O-])c1sc2nc(-c3ccc(F)nc3)cc(-c3ccccc3)c2c1N. The number of aromatic nitrogens is 2. The number of thiophene rings is 1. The Bertz CT molecular complexity index is 1130. The van der Waals surface area contributed by atoms with Gasteiger partial charge in [-0.3, -0.25) is 0 Å². The van der Waals surface area contributed by atoms with Crippen molar-refractivity contribution in [2.24, 2.45) is 0 Å². The fourth-order valence-electron chi connectivity index (χ4n) is 3.16. The van der Waals surface area contributed by atoms with Crippen LogP contribution in [-0.4, -0.2) is 20.3 Å². The Kier molecular flexibility index (Phi) is 5.80. The monoisotopic (exact) mass is 425 g/mol. The maximum atomic E-state index is 13.3. The number of hydrogen-bond acceptors (Lipinski definition) is 5. The Morgan fingerprint density at radius 2 is 1.93 bits per heavy atom. The lowest BCUT2D eigenvalue weighted by atomic mass is 10.0. The van der Waals surface area contributed by atoms with Gasteiger partial charge in [0.2, 0.25) is 10.2 Å². The molecule has 2 N–H and O–H groups in total. The van der Waals surface area contributed by atoms with Gasteiger partial charge in [0.1, 0.15) is 16.3 Å². The average molecular weight is 426 g/mol. The molecule has 0 aliphatic rings. The molecule has 0 fully saturated rings. The normalized spacial score (nSPS) is 12.4. The number of nitrogens with two attached hydrogens (primary N) is 1. The van der Waals surface area contributed by atoms with Gasteiger partial charge in [0, 0.05) is 17.1 Å². The molecule has 3 aromatic heterocycles. The zero-order valence-corrected chi connectivity index (χ0v) is 17.5. The van der Waals surface area contributed by atoms with Gasteiger partial charge in [0.05, 0.1) is 5.69 Å². The van der Waals surface area contributed by atoms with E-state index in [4.69, 9.17) is 10.7 Å². The highest BCUT2D eigenvalue weighted by molar-refractivity contribution is 7.93. The van der Waals surface area contributed by atoms with E-state index in [9.17, 15) is 8.94 Å². The summed E-state index contributed by atoms with van der Waals surface area (Å²) in [6.45, 7) is 2.07. The van der Waals surface area contributed by atoms with Crippen molar-refractivity contribution >= 4 is 38.4 Å². The summed E-state index contributed by atoms with van der Waals surface area (Å²) in [6, 6.07) is 14.8. The number of pyridine rings is 2. The van der Waals surface area contributed by atoms with Gasteiger partial charge in [0.25, 0.3) is 0 Å². The zero-order chi connectivity index (χ0) is 20.4. The van der Waals surface area contributed by atoms with E-state index in [1.807, 2.05) is 36.4 Å². The smallest absolute Gasteiger partial charge is 0.232 e. The van der Waals surface area contributed by atoms with Gasteiger partial charge < -0.3 is 10.3 Å². The van der Waals surface area contributed by atoms with E-state index < -0.39 is 17.1 Å². The van der Waals surface area contributed by atoms with Crippen LogP contribution in [-0.2, 0) is 11.2 Å². The number of hydrogen-bond donors (Lipinski definition) is 1. The topological polar surface area (TPSA) is 74.9 Å². The molecule has 0 saturated heterocycles. The molecular weight excluding hydrogens is 405 g/mol. The summed E-state index contributed by atoms with van der Waals surface area (Å²) in [5.74, 6) is 0.0511. The Morgan fingerprint density at radius 1 is 1.14 bits per heavy atom. The fourth-order valence-corrected chi connectivity index (χ4v) is 5.95. The van der Waals surface area contributed by atoms with Crippen molar-refractivity contribution in [2.45, 2.75) is 24.0 Å². The van der Waals surface area contributed by atoms with Crippen molar-refractivity contribution in [1.29, 1.82) is 0 Å². The summed E-state index contributed by atoms with van der Waals surface area (Å²) in [4.78, 5) is 9.22. The highest BCUT2D eigenvalue weighted by Crippen LogP contribution is 2.43. The maximum absolute atomic E-state index is 13.3. The minimum Gasteiger partial charge on any atom is -0.611 e. The van der Waals surface area contributed by atoms with Crippen molar-refractivity contribution in [2.75, 3.05) is 11.5 Å². The van der Waals surface area contributed by atoms with Crippen molar-refractivity contribution in [1.82, 2.24) is 9.97 Å². The molecule has 148 valence electrons. The number of nitrogens with zero attached hydrogens (tertiary/aromatic N) is 2. The van der Waals surface area contributed by atoms with Gasteiger partial charge in [0.15, 0.2) is 0 Å². The van der Waals surface area contributed by atoms with Crippen LogP contribution in [0.3, 0.4) is 0 Å². The van der Waals surface area contributed by atoms with E-state index in [-0.39, 0.29) is 0 Å². The number of unbranched alkanes of at least 4 members (excludes halogenated alkanes) is 1. The molecule has 0 saturated carbocycles. The Balaban J connectivity index is 1.93. The van der Waals surface area contributed by atoms with Crippen LogP contribution in [0.5, 0.6) is 0 Å². The molecule has 0 bridgehead atoms. The molecule has 0 radical (unpaired) electrons. The molecule has 0 spiro atoms. The van der Waals surface area contributed by atoms with Crippen molar-refractivity contribution in [3.63, 3.8) is 0 Å². The maximum Gasteiger partial charge on any atom is 0.232 e. The average Bonchev–Trinajstić information content (AvgIpc) is 3.09. The van der Waals surface area contributed by atoms with E-state index in [1.54, 1.807) is 6.07 Å². The first-order valence-corrected chi connectivity index (χ1v) is 11.5. The number of anilines is 1. The van der Waals surface area contributed by atoms with E-state index in [1.165, 1.54) is 23.6 Å². The van der Waals surface area contributed by atoms with Gasteiger partial charge >= 0.3 is 0 Å². The third-order valence-corrected chi connectivity index (χ3v) is 7.66. The first-order chi connectivity index (χ1) is 14.1. The van der Waals surface area contributed by atoms with Crippen LogP contribution in [0.2, 0.25) is 0 Å². The van der Waals surface area contributed by atoms with Gasteiger partial charge in [-0.25, -0.2) is 9.97 Å². The Labute approximate surface area is 175 Å². The van der Waals surface area contributed by atoms with E-state index >= 15 is 0 Å². The van der Waals surface area contributed by atoms with Crippen LogP contribution in [0.25, 0.3) is 32.6 Å². The molecule has 29 heavy (non-hydrogen) atoms. The van der Waals surface area contributed by atoms with Gasteiger partial charge in [-0.15, -0.1) is 0 Å². The third kappa shape index (κ3) is 3.99. The number of fused-ring (bicyclic) bond motifs is 1. The van der Waals surface area contributed by atoms with E-state index in [2.05, 4.69) is 11.9 Å². The summed E-state index contributed by atoms with van der Waals surface area (Å²) in [7, 11) is 0. The minimum absolute atomic E-state index is 0.535. The highest BCUT2D eigenvalue weighted by atomic mass is 32.2. The number of halogens is 1. The Morgan fingerprint density at radius 3 is 2.62 bits per heavy atom. The molecule has 4 aromatic rings. The summed E-state index contributed by atoms with van der Waals surface area (Å²) in [6.07, 6.45) is 3.33. The zero-order valence-electron chi connectivity index (χ0n) is 15.9. The van der Waals surface area contributed by atoms with Crippen molar-refractivity contribution in [3.8, 4) is 22.4 Å². The molecule has 0 amide bonds. The highest BCUT2D eigenvalue weighted by Gasteiger charge is 2.24. The predicted molar refractivity (Wildman–Crippen MR) is 119 cm³/mol. The molecule has 1 unspecified atom stereocenters. The van der Waals surface area contributed by atoms with Gasteiger partial charge in [-0.1, -0.05) is 55.0 Å². The third-order valence-electron chi connectivity index (χ3n) is 4.66. The second-order valence-corrected chi connectivity index (χ2v) is 9.44. The lowest BCUT2D eigenvalue weighted by Gasteiger charge is -2.09. The van der Waals surface area contributed by atoms with Crippen molar-refractivity contribution < 1.29 is 8.94 Å². The first-order valence-electron chi connectivity index (χ1n) is 9.37. The van der Waals surface area contributed by atoms with E-state index in [0.29, 0.717) is 26.9 Å². The molecule has 7 heteroatoms. The number of rotatable bonds is 6. The Hall–Kier alpha value is -2.48. The summed E-state index contributed by atoms with van der Waals surface area (Å²) < 4.78 is 26.7. The van der Waals surface area contributed by atoms with Gasteiger partial charge in [-0.05, 0) is 46.9 Å². The molecule has 0 aliphatic heterocycles. The summed E-state index contributed by atoms with van der Waals surface area (Å²) in [5, 5.41) is 0.819. The van der Waals surface area contributed by atoms with Crippen LogP contribution in [0.4, 0.5) is 10.1 Å². The standard InChI is InChI=1S/C22H20FN3OS2/c1-2-3-11-29(27)22-20(24)19-16(14-7-5-4-6-8-14)12-17(26-21(19)28-22)15-9-10-18(23)25-13-15/h4-10,12-13H,2-3,11,24H2,1H3. The fraction of sp³-hybridized carbons (Fsp3) is 0.182. The molecule has 3 heterocycles. The van der Waals surface area contributed by atoms with Crippen LogP contribution >= 0.6 is 11.3 Å². The van der Waals surface area contributed by atoms with Crippen LogP contribution in [0.15, 0.2) is 58.9 Å². The molecule has 0 aliphatic carbocycles. The lowest BCUT2D eigenvalue weighted by molar-refractivity contribution is 0.584. The number of nitrogen functional groups attached to an aromatic ring is 1. The minimum atomic E-state index is -1.15. The quantitative estimate of drug-likeness (QED) is 0.320. The lowest BCUT2D eigenvalue weighted by Crippen LogP contribution is -2.06. The second-order valence-electron chi connectivity index (χ2n) is 6.68. The summed E-state index contributed by atoms with van der Waals surface area (Å²) >= 11 is 0.218.